The molecule has 2 unspecified atom stereocenters. The van der Waals surface area contributed by atoms with Crippen molar-refractivity contribution in [1.82, 2.24) is 15.5 Å². The Morgan fingerprint density at radius 1 is 1.26 bits per heavy atom. The van der Waals surface area contributed by atoms with E-state index >= 15 is 0 Å². The first-order chi connectivity index (χ1) is 12.6. The molecule has 2 aliphatic rings. The number of nitrogens with one attached hydrogen (secondary N) is 3. The van der Waals surface area contributed by atoms with E-state index in [1.807, 2.05) is 31.2 Å². The number of aryl methyl sites for hydroxylation is 1. The Morgan fingerprint density at radius 3 is 2.85 bits per heavy atom. The first kappa shape index (κ1) is 21.5. The minimum atomic E-state index is -0.121. The van der Waals surface area contributed by atoms with E-state index in [9.17, 15) is 9.59 Å². The van der Waals surface area contributed by atoms with Crippen LogP contribution in [0.25, 0.3) is 0 Å². The first-order valence-corrected chi connectivity index (χ1v) is 9.73. The number of amides is 3. The number of anilines is 1. The van der Waals surface area contributed by atoms with Crippen molar-refractivity contribution in [2.75, 3.05) is 38.0 Å². The van der Waals surface area contributed by atoms with Crippen molar-refractivity contribution in [2.24, 2.45) is 11.8 Å². The number of carbonyl (C=O) groups excluding carboxylic acids is 2. The highest BCUT2D eigenvalue weighted by atomic mass is 35.5. The smallest absolute Gasteiger partial charge is 0.321 e. The van der Waals surface area contributed by atoms with Gasteiger partial charge in [0.25, 0.3) is 0 Å². The average molecular weight is 395 g/mol. The second-order valence-corrected chi connectivity index (χ2v) is 7.54. The molecule has 2 saturated heterocycles. The molecule has 0 saturated carbocycles. The van der Waals surface area contributed by atoms with Crippen molar-refractivity contribution in [3.63, 3.8) is 0 Å². The summed E-state index contributed by atoms with van der Waals surface area (Å²) in [7, 11) is 0. The summed E-state index contributed by atoms with van der Waals surface area (Å²) in [5.74, 6) is 0.504. The number of halogens is 1. The van der Waals surface area contributed by atoms with Gasteiger partial charge in [0.1, 0.15) is 0 Å². The number of nitrogens with zero attached hydrogens (tertiary/aromatic N) is 1. The van der Waals surface area contributed by atoms with Gasteiger partial charge in [0.2, 0.25) is 5.91 Å². The Hall–Kier alpha value is -1.79. The number of urea groups is 1. The van der Waals surface area contributed by atoms with Crippen molar-refractivity contribution in [2.45, 2.75) is 32.6 Å². The molecule has 6 nitrogen and oxygen atoms in total. The van der Waals surface area contributed by atoms with Gasteiger partial charge in [0, 0.05) is 25.3 Å². The van der Waals surface area contributed by atoms with Crippen LogP contribution in [0.1, 0.15) is 31.2 Å². The lowest BCUT2D eigenvalue weighted by Gasteiger charge is -2.32. The third kappa shape index (κ3) is 6.40. The molecule has 2 atom stereocenters. The van der Waals surface area contributed by atoms with Crippen LogP contribution < -0.4 is 16.0 Å². The molecule has 3 N–H and O–H groups in total. The molecule has 3 amide bonds. The van der Waals surface area contributed by atoms with Crippen LogP contribution >= 0.6 is 12.4 Å². The van der Waals surface area contributed by atoms with Crippen LogP contribution in [0.3, 0.4) is 0 Å². The Balaban J connectivity index is 0.00000261. The molecule has 27 heavy (non-hydrogen) atoms. The zero-order valence-corrected chi connectivity index (χ0v) is 16.8. The van der Waals surface area contributed by atoms with Crippen LogP contribution in [-0.4, -0.2) is 49.6 Å². The van der Waals surface area contributed by atoms with Crippen LogP contribution in [0, 0.1) is 18.8 Å². The number of benzene rings is 1. The lowest BCUT2D eigenvalue weighted by atomic mass is 9.96. The van der Waals surface area contributed by atoms with Gasteiger partial charge in [-0.25, -0.2) is 4.79 Å². The minimum absolute atomic E-state index is 0. The monoisotopic (exact) mass is 394 g/mol. The molecule has 150 valence electrons. The van der Waals surface area contributed by atoms with Gasteiger partial charge in [-0.3, -0.25) is 4.79 Å². The van der Waals surface area contributed by atoms with Crippen LogP contribution in [-0.2, 0) is 4.79 Å². The molecule has 3 rings (SSSR count). The standard InChI is InChI=1S/C20H30N4O2.ClH/c1-15-5-2-8-18(11-15)23-20(26)24-10-4-7-17(14-24)19(25)22-13-16-6-3-9-21-12-16;/h2,5,8,11,16-17,21H,3-4,6-7,9-10,12-14H2,1H3,(H,22,25)(H,23,26);1H. The van der Waals surface area contributed by atoms with Gasteiger partial charge >= 0.3 is 6.03 Å². The third-order valence-electron chi connectivity index (χ3n) is 5.31. The summed E-state index contributed by atoms with van der Waals surface area (Å²) in [6.07, 6.45) is 4.06. The summed E-state index contributed by atoms with van der Waals surface area (Å²) in [6, 6.07) is 7.64. The molecular weight excluding hydrogens is 364 g/mol. The fourth-order valence-corrected chi connectivity index (χ4v) is 3.79. The first-order valence-electron chi connectivity index (χ1n) is 9.73. The summed E-state index contributed by atoms with van der Waals surface area (Å²) >= 11 is 0. The van der Waals surface area contributed by atoms with Crippen molar-refractivity contribution in [1.29, 1.82) is 0 Å². The third-order valence-corrected chi connectivity index (χ3v) is 5.31. The molecule has 7 heteroatoms. The Morgan fingerprint density at radius 2 is 2.11 bits per heavy atom. The SMILES string of the molecule is Cc1cccc(NC(=O)N2CCCC(C(=O)NCC3CCCNC3)C2)c1.Cl. The van der Waals surface area contributed by atoms with Gasteiger partial charge in [0.15, 0.2) is 0 Å². The molecule has 1 aromatic carbocycles. The Labute approximate surface area is 167 Å². The van der Waals surface area contributed by atoms with Gasteiger partial charge in [-0.1, -0.05) is 12.1 Å². The maximum absolute atomic E-state index is 12.5. The van der Waals surface area contributed by atoms with Crippen molar-refractivity contribution in [3.05, 3.63) is 29.8 Å². The predicted molar refractivity (Wildman–Crippen MR) is 110 cm³/mol. The lowest BCUT2D eigenvalue weighted by molar-refractivity contribution is -0.126. The molecule has 0 aliphatic carbocycles. The van der Waals surface area contributed by atoms with Gasteiger partial charge in [0.05, 0.1) is 5.92 Å². The summed E-state index contributed by atoms with van der Waals surface area (Å²) in [5.41, 5.74) is 1.90. The Bertz CT molecular complexity index is 634. The van der Waals surface area contributed by atoms with Crippen molar-refractivity contribution in [3.8, 4) is 0 Å². The molecule has 0 bridgehead atoms. The summed E-state index contributed by atoms with van der Waals surface area (Å²) in [4.78, 5) is 26.8. The van der Waals surface area contributed by atoms with Crippen molar-refractivity contribution < 1.29 is 9.59 Å². The topological polar surface area (TPSA) is 73.5 Å². The number of likely N-dealkylation sites (tertiary alicyclic amines) is 1. The maximum atomic E-state index is 12.5. The molecule has 2 fully saturated rings. The molecule has 1 aromatic rings. The zero-order chi connectivity index (χ0) is 18.4. The van der Waals surface area contributed by atoms with Gasteiger partial charge in [-0.2, -0.15) is 0 Å². The molecule has 2 heterocycles. The van der Waals surface area contributed by atoms with E-state index in [0.29, 0.717) is 19.0 Å². The fourth-order valence-electron chi connectivity index (χ4n) is 3.79. The fraction of sp³-hybridized carbons (Fsp3) is 0.600. The van der Waals surface area contributed by atoms with Gasteiger partial charge in [-0.05, 0) is 69.3 Å². The Kier molecular flexibility index (Phi) is 8.38. The van der Waals surface area contributed by atoms with E-state index in [0.717, 1.165) is 43.7 Å². The highest BCUT2D eigenvalue weighted by molar-refractivity contribution is 5.90. The van der Waals surface area contributed by atoms with E-state index in [4.69, 9.17) is 0 Å². The average Bonchev–Trinajstić information content (AvgIpc) is 2.67. The van der Waals surface area contributed by atoms with Crippen LogP contribution in [0.2, 0.25) is 0 Å². The molecule has 2 aliphatic heterocycles. The molecule has 0 spiro atoms. The highest BCUT2D eigenvalue weighted by Gasteiger charge is 2.28. The predicted octanol–water partition coefficient (Wildman–Crippen LogP) is 2.78. The number of hydrogen-bond acceptors (Lipinski definition) is 3. The van der Waals surface area contributed by atoms with E-state index in [1.165, 1.54) is 12.8 Å². The van der Waals surface area contributed by atoms with Gasteiger partial charge in [-0.15, -0.1) is 12.4 Å². The second-order valence-electron chi connectivity index (χ2n) is 7.54. The van der Waals surface area contributed by atoms with E-state index in [2.05, 4.69) is 16.0 Å². The number of rotatable bonds is 4. The maximum Gasteiger partial charge on any atom is 0.321 e. The highest BCUT2D eigenvalue weighted by Crippen LogP contribution is 2.19. The largest absolute Gasteiger partial charge is 0.355 e. The minimum Gasteiger partial charge on any atom is -0.355 e. The number of piperidine rings is 2. The van der Waals surface area contributed by atoms with Crippen molar-refractivity contribution >= 4 is 30.0 Å². The molecule has 0 aromatic heterocycles. The lowest BCUT2D eigenvalue weighted by Crippen LogP contribution is -2.48. The second kappa shape index (κ2) is 10.5. The number of hydrogen-bond donors (Lipinski definition) is 3. The van der Waals surface area contributed by atoms with E-state index < -0.39 is 0 Å². The van der Waals surface area contributed by atoms with Gasteiger partial charge < -0.3 is 20.9 Å². The number of carbonyl (C=O) groups is 2. The van der Waals surface area contributed by atoms with E-state index in [-0.39, 0.29) is 30.3 Å². The van der Waals surface area contributed by atoms with Crippen LogP contribution in [0.15, 0.2) is 24.3 Å². The molecular formula is C20H31ClN4O2. The molecule has 0 radical (unpaired) electrons. The quantitative estimate of drug-likeness (QED) is 0.735. The van der Waals surface area contributed by atoms with E-state index in [1.54, 1.807) is 4.90 Å². The zero-order valence-electron chi connectivity index (χ0n) is 16.0. The van der Waals surface area contributed by atoms with Crippen LogP contribution in [0.5, 0.6) is 0 Å². The summed E-state index contributed by atoms with van der Waals surface area (Å²) in [6.45, 7) is 5.99. The normalized spacial score (nSPS) is 22.5. The van der Waals surface area contributed by atoms with Crippen LogP contribution in [0.4, 0.5) is 10.5 Å². The summed E-state index contributed by atoms with van der Waals surface area (Å²) < 4.78 is 0. The summed E-state index contributed by atoms with van der Waals surface area (Å²) in [5, 5.41) is 9.42.